The fourth-order valence-electron chi connectivity index (χ4n) is 1.96. The van der Waals surface area contributed by atoms with E-state index in [1.807, 2.05) is 0 Å². The average Bonchev–Trinajstić information content (AvgIpc) is 2.93. The molecule has 0 amide bonds. The van der Waals surface area contributed by atoms with Crippen LogP contribution in [0.2, 0.25) is 0 Å². The van der Waals surface area contributed by atoms with Crippen molar-refractivity contribution in [3.8, 4) is 0 Å². The molecule has 96 valence electrons. The number of hydrogen-bond donors (Lipinski definition) is 2. The van der Waals surface area contributed by atoms with Crippen LogP contribution in [0, 0.1) is 0 Å². The maximum atomic E-state index is 5.86. The van der Waals surface area contributed by atoms with E-state index in [9.17, 15) is 0 Å². The quantitative estimate of drug-likeness (QED) is 0.837. The fourth-order valence-corrected chi connectivity index (χ4v) is 2.62. The van der Waals surface area contributed by atoms with Gasteiger partial charge in [-0.3, -0.25) is 0 Å². The van der Waals surface area contributed by atoms with Crippen molar-refractivity contribution in [3.63, 3.8) is 0 Å². The van der Waals surface area contributed by atoms with Crippen molar-refractivity contribution >= 4 is 11.3 Å². The van der Waals surface area contributed by atoms with Crippen molar-refractivity contribution in [2.45, 2.75) is 25.9 Å². The second kappa shape index (κ2) is 6.69. The molecule has 1 heterocycles. The number of aryl methyl sites for hydroxylation is 1. The zero-order valence-electron chi connectivity index (χ0n) is 10.7. The van der Waals surface area contributed by atoms with Gasteiger partial charge in [-0.2, -0.15) is 0 Å². The molecule has 1 unspecified atom stereocenters. The summed E-state index contributed by atoms with van der Waals surface area (Å²) in [5, 5.41) is 5.61. The average molecular weight is 260 g/mol. The number of nitrogens with one attached hydrogen (secondary N) is 1. The highest BCUT2D eigenvalue weighted by atomic mass is 32.1. The molecule has 0 spiro atoms. The highest BCUT2D eigenvalue weighted by molar-refractivity contribution is 7.09. The Morgan fingerprint density at radius 1 is 1.22 bits per heavy atom. The Bertz CT molecular complexity index is 448. The minimum Gasteiger partial charge on any atom is -0.329 e. The molecule has 0 aliphatic heterocycles. The fraction of sp³-hybridized carbons (Fsp3) is 0.333. The molecular formula is C15H20N2S. The summed E-state index contributed by atoms with van der Waals surface area (Å²) in [4.78, 5) is 1.35. The summed E-state index contributed by atoms with van der Waals surface area (Å²) in [6, 6.07) is 13.2. The van der Waals surface area contributed by atoms with Crippen molar-refractivity contribution in [2.75, 3.05) is 6.54 Å². The van der Waals surface area contributed by atoms with Gasteiger partial charge in [-0.25, -0.2) is 0 Å². The molecule has 1 aromatic carbocycles. The van der Waals surface area contributed by atoms with E-state index >= 15 is 0 Å². The summed E-state index contributed by atoms with van der Waals surface area (Å²) in [5.41, 5.74) is 8.49. The number of rotatable bonds is 6. The zero-order chi connectivity index (χ0) is 12.8. The lowest BCUT2D eigenvalue weighted by atomic mass is 10.0. The van der Waals surface area contributed by atoms with Crippen molar-refractivity contribution < 1.29 is 0 Å². The number of benzene rings is 1. The van der Waals surface area contributed by atoms with Crippen LogP contribution in [0.1, 0.15) is 29.0 Å². The summed E-state index contributed by atoms with van der Waals surface area (Å²) >= 11 is 1.77. The van der Waals surface area contributed by atoms with E-state index in [0.717, 1.165) is 13.0 Å². The lowest BCUT2D eigenvalue weighted by molar-refractivity contribution is 0.545. The molecule has 1 aromatic heterocycles. The Kier molecular flexibility index (Phi) is 4.93. The maximum absolute atomic E-state index is 5.86. The first-order chi connectivity index (χ1) is 8.83. The summed E-state index contributed by atoms with van der Waals surface area (Å²) < 4.78 is 0. The van der Waals surface area contributed by atoms with E-state index in [1.165, 1.54) is 16.0 Å². The first-order valence-electron chi connectivity index (χ1n) is 6.38. The topological polar surface area (TPSA) is 38.0 Å². The molecule has 18 heavy (non-hydrogen) atoms. The molecule has 0 saturated heterocycles. The Labute approximate surface area is 113 Å². The normalized spacial score (nSPS) is 12.6. The maximum Gasteiger partial charge on any atom is 0.0447 e. The molecule has 0 aliphatic carbocycles. The predicted octanol–water partition coefficient (Wildman–Crippen LogP) is 3.10. The first kappa shape index (κ1) is 13.3. The van der Waals surface area contributed by atoms with E-state index in [0.29, 0.717) is 6.54 Å². The first-order valence-corrected chi connectivity index (χ1v) is 7.26. The summed E-state index contributed by atoms with van der Waals surface area (Å²) in [5.74, 6) is 0. The molecule has 0 bridgehead atoms. The van der Waals surface area contributed by atoms with Crippen LogP contribution in [0.25, 0.3) is 0 Å². The number of thiophene rings is 1. The van der Waals surface area contributed by atoms with Gasteiger partial charge in [0.1, 0.15) is 0 Å². The molecule has 1 atom stereocenters. The molecule has 0 saturated carbocycles. The minimum absolute atomic E-state index is 0.234. The highest BCUT2D eigenvalue weighted by Gasteiger charge is 2.08. The van der Waals surface area contributed by atoms with E-state index < -0.39 is 0 Å². The molecule has 0 radical (unpaired) electrons. The number of nitrogens with two attached hydrogens (primary N) is 1. The van der Waals surface area contributed by atoms with Crippen LogP contribution in [0.5, 0.6) is 0 Å². The van der Waals surface area contributed by atoms with Crippen LogP contribution in [-0.2, 0) is 13.0 Å². The Morgan fingerprint density at radius 3 is 2.56 bits per heavy atom. The van der Waals surface area contributed by atoms with Gasteiger partial charge in [0.25, 0.3) is 0 Å². The van der Waals surface area contributed by atoms with Gasteiger partial charge >= 0.3 is 0 Å². The molecule has 3 heteroatoms. The lowest BCUT2D eigenvalue weighted by Crippen LogP contribution is -2.27. The SMILES string of the molecule is CCc1ccc(C(CN)NCc2cccs2)cc1. The van der Waals surface area contributed by atoms with Gasteiger partial charge < -0.3 is 11.1 Å². The summed E-state index contributed by atoms with van der Waals surface area (Å²) in [7, 11) is 0. The van der Waals surface area contributed by atoms with Crippen molar-refractivity contribution in [1.29, 1.82) is 0 Å². The van der Waals surface area contributed by atoms with E-state index in [4.69, 9.17) is 5.73 Å². The third-order valence-electron chi connectivity index (χ3n) is 3.13. The van der Waals surface area contributed by atoms with Crippen molar-refractivity contribution in [3.05, 3.63) is 57.8 Å². The zero-order valence-corrected chi connectivity index (χ0v) is 11.5. The van der Waals surface area contributed by atoms with Crippen molar-refractivity contribution in [1.82, 2.24) is 5.32 Å². The lowest BCUT2D eigenvalue weighted by Gasteiger charge is -2.17. The van der Waals surface area contributed by atoms with Gasteiger partial charge in [-0.1, -0.05) is 37.3 Å². The standard InChI is InChI=1S/C15H20N2S/c1-2-12-5-7-13(8-6-12)15(10-16)17-11-14-4-3-9-18-14/h3-9,15,17H,2,10-11,16H2,1H3. The van der Waals surface area contributed by atoms with Gasteiger partial charge in [-0.05, 0) is 29.0 Å². The third-order valence-corrected chi connectivity index (χ3v) is 4.01. The molecule has 0 fully saturated rings. The second-order valence-corrected chi connectivity index (χ2v) is 5.38. The number of hydrogen-bond acceptors (Lipinski definition) is 3. The summed E-state index contributed by atoms with van der Waals surface area (Å²) in [6.07, 6.45) is 1.08. The monoisotopic (exact) mass is 260 g/mol. The third kappa shape index (κ3) is 3.42. The van der Waals surface area contributed by atoms with Gasteiger partial charge in [0, 0.05) is 24.0 Å². The van der Waals surface area contributed by atoms with E-state index in [2.05, 4.69) is 54.0 Å². The second-order valence-electron chi connectivity index (χ2n) is 4.34. The predicted molar refractivity (Wildman–Crippen MR) is 78.8 cm³/mol. The molecular weight excluding hydrogens is 240 g/mol. The van der Waals surface area contributed by atoms with Gasteiger partial charge in [0.05, 0.1) is 0 Å². The molecule has 2 nitrogen and oxygen atoms in total. The minimum atomic E-state index is 0.234. The van der Waals surface area contributed by atoms with Crippen LogP contribution in [0.3, 0.4) is 0 Å². The Balaban J connectivity index is 1.98. The van der Waals surface area contributed by atoms with Crippen molar-refractivity contribution in [2.24, 2.45) is 5.73 Å². The highest BCUT2D eigenvalue weighted by Crippen LogP contribution is 2.15. The van der Waals surface area contributed by atoms with Crippen LogP contribution < -0.4 is 11.1 Å². The van der Waals surface area contributed by atoms with Crippen LogP contribution in [0.4, 0.5) is 0 Å². The van der Waals surface area contributed by atoms with Gasteiger partial charge in [0.2, 0.25) is 0 Å². The van der Waals surface area contributed by atoms with Gasteiger partial charge in [-0.15, -0.1) is 11.3 Å². The van der Waals surface area contributed by atoms with Gasteiger partial charge in [0.15, 0.2) is 0 Å². The Morgan fingerprint density at radius 2 is 2.00 bits per heavy atom. The van der Waals surface area contributed by atoms with E-state index in [-0.39, 0.29) is 6.04 Å². The van der Waals surface area contributed by atoms with Crippen LogP contribution >= 0.6 is 11.3 Å². The Hall–Kier alpha value is -1.16. The van der Waals surface area contributed by atoms with E-state index in [1.54, 1.807) is 11.3 Å². The van der Waals surface area contributed by atoms with Crippen LogP contribution in [-0.4, -0.2) is 6.54 Å². The molecule has 2 aromatic rings. The smallest absolute Gasteiger partial charge is 0.0447 e. The summed E-state index contributed by atoms with van der Waals surface area (Å²) in [6.45, 7) is 3.68. The van der Waals surface area contributed by atoms with Crippen LogP contribution in [0.15, 0.2) is 41.8 Å². The molecule has 2 rings (SSSR count). The molecule has 3 N–H and O–H groups in total. The largest absolute Gasteiger partial charge is 0.329 e. The molecule has 0 aliphatic rings.